The number of anilines is 1. The van der Waals surface area contributed by atoms with E-state index in [1.54, 1.807) is 12.1 Å². The van der Waals surface area contributed by atoms with Crippen molar-refractivity contribution in [2.45, 2.75) is 6.42 Å². The lowest BCUT2D eigenvalue weighted by atomic mass is 10.0. The molecule has 3 aromatic rings. The van der Waals surface area contributed by atoms with Crippen molar-refractivity contribution in [2.24, 2.45) is 0 Å². The van der Waals surface area contributed by atoms with E-state index in [1.165, 1.54) is 38.7 Å². The monoisotopic (exact) mass is 414 g/mol. The number of methoxy groups -OCH3 is 2. The van der Waals surface area contributed by atoms with Crippen LogP contribution in [0, 0.1) is 10.1 Å². The summed E-state index contributed by atoms with van der Waals surface area (Å²) in [5.41, 5.74) is 7.84. The second-order valence-electron chi connectivity index (χ2n) is 6.14. The van der Waals surface area contributed by atoms with Gasteiger partial charge in [-0.3, -0.25) is 10.1 Å². The van der Waals surface area contributed by atoms with Gasteiger partial charge < -0.3 is 24.4 Å². The van der Waals surface area contributed by atoms with Gasteiger partial charge in [-0.15, -0.1) is 0 Å². The van der Waals surface area contributed by atoms with Crippen molar-refractivity contribution < 1.29 is 33.1 Å². The molecule has 1 aromatic heterocycles. The van der Waals surface area contributed by atoms with E-state index >= 15 is 0 Å². The zero-order valence-corrected chi connectivity index (χ0v) is 16.2. The lowest BCUT2D eigenvalue weighted by Gasteiger charge is -2.07. The number of carbonyl (C=O) groups is 2. The minimum absolute atomic E-state index is 0.0768. The fourth-order valence-corrected chi connectivity index (χ4v) is 3.10. The summed E-state index contributed by atoms with van der Waals surface area (Å²) in [6, 6.07) is 7.40. The van der Waals surface area contributed by atoms with Gasteiger partial charge in [0.05, 0.1) is 48.8 Å². The number of rotatable bonds is 3. The van der Waals surface area contributed by atoms with Crippen LogP contribution < -0.4 is 10.5 Å². The summed E-state index contributed by atoms with van der Waals surface area (Å²) in [4.78, 5) is 32.9. The number of hydrogen-bond acceptors (Lipinski definition) is 9. The summed E-state index contributed by atoms with van der Waals surface area (Å²) in [7, 11) is 2.61. The van der Waals surface area contributed by atoms with E-state index < -0.39 is 10.9 Å². The number of nitrogens with zero attached hydrogens (tertiary/aromatic N) is 1. The summed E-state index contributed by atoms with van der Waals surface area (Å²) in [6.07, 6.45) is 2.01. The average molecular weight is 414 g/mol. The summed E-state index contributed by atoms with van der Waals surface area (Å²) in [5, 5.41) is 11.1. The number of nitro groups is 1. The van der Waals surface area contributed by atoms with Crippen molar-refractivity contribution in [3.8, 4) is 5.75 Å². The van der Waals surface area contributed by atoms with Gasteiger partial charge in [0.1, 0.15) is 5.75 Å². The van der Waals surface area contributed by atoms with Gasteiger partial charge in [0.2, 0.25) is 5.58 Å². The Morgan fingerprint density at radius 2 is 1.73 bits per heavy atom. The number of nitrogen functional groups attached to an aromatic ring is 1. The molecule has 10 heteroatoms. The lowest BCUT2D eigenvalue weighted by Crippen LogP contribution is -2.05. The Hall–Kier alpha value is -4.08. The van der Waals surface area contributed by atoms with Crippen molar-refractivity contribution in [1.29, 1.82) is 0 Å². The first-order valence-electron chi connectivity index (χ1n) is 8.74. The predicted octanol–water partition coefficient (Wildman–Crippen LogP) is 3.12. The average Bonchev–Trinajstić information content (AvgIpc) is 3.43. The maximum Gasteiger partial charge on any atom is 0.338 e. The van der Waals surface area contributed by atoms with Gasteiger partial charge in [-0.25, -0.2) is 9.59 Å². The molecule has 0 saturated carbocycles. The molecule has 0 amide bonds. The molecular weight excluding hydrogens is 396 g/mol. The Morgan fingerprint density at radius 3 is 2.40 bits per heavy atom. The van der Waals surface area contributed by atoms with Crippen LogP contribution in [0.25, 0.3) is 11.0 Å². The number of fused-ring (bicyclic) bond motifs is 2. The largest absolute Gasteiger partial charge is 0.491 e. The molecular formula is C20H18N2O8. The minimum atomic E-state index is -0.563. The number of non-ortho nitro benzene ring substituents is 1. The second-order valence-corrected chi connectivity index (χ2v) is 6.14. The molecule has 0 aliphatic carbocycles. The first kappa shape index (κ1) is 20.6. The maximum atomic E-state index is 11.4. The molecule has 156 valence electrons. The smallest absolute Gasteiger partial charge is 0.338 e. The minimum Gasteiger partial charge on any atom is -0.491 e. The number of carbonyl (C=O) groups excluding carboxylic acids is 2. The lowest BCUT2D eigenvalue weighted by molar-refractivity contribution is -0.383. The molecule has 0 saturated heterocycles. The number of ether oxygens (including phenoxy) is 3. The number of hydrogen-bond donors (Lipinski definition) is 1. The van der Waals surface area contributed by atoms with E-state index in [1.807, 2.05) is 0 Å². The Labute approximate surface area is 170 Å². The summed E-state index contributed by atoms with van der Waals surface area (Å²) < 4.78 is 19.6. The highest BCUT2D eigenvalue weighted by atomic mass is 16.6. The molecule has 2 heterocycles. The fraction of sp³-hybridized carbons (Fsp3) is 0.200. The SMILES string of the molecule is COC(=O)c1ccc(N)c2c1CCO2.COC(=O)c1ccc([N+](=O)[O-])c2occc12. The molecule has 0 unspecified atom stereocenters. The van der Waals surface area contributed by atoms with Crippen LogP contribution in [0.15, 0.2) is 41.0 Å². The molecule has 0 spiro atoms. The molecule has 4 rings (SSSR count). The summed E-state index contributed by atoms with van der Waals surface area (Å²) in [5.74, 6) is -0.263. The van der Waals surface area contributed by atoms with Gasteiger partial charge in [0.15, 0.2) is 0 Å². The molecule has 30 heavy (non-hydrogen) atoms. The van der Waals surface area contributed by atoms with Crippen LogP contribution in [-0.4, -0.2) is 37.7 Å². The van der Waals surface area contributed by atoms with Gasteiger partial charge in [0.25, 0.3) is 0 Å². The zero-order chi connectivity index (χ0) is 21.8. The van der Waals surface area contributed by atoms with Crippen molar-refractivity contribution in [3.05, 3.63) is 63.4 Å². The highest BCUT2D eigenvalue weighted by Gasteiger charge is 2.23. The Kier molecular flexibility index (Phi) is 5.86. The Morgan fingerprint density at radius 1 is 1.07 bits per heavy atom. The highest BCUT2D eigenvalue weighted by Crippen LogP contribution is 2.34. The third-order valence-corrected chi connectivity index (χ3v) is 4.49. The molecule has 0 fully saturated rings. The molecule has 1 aliphatic rings. The van der Waals surface area contributed by atoms with E-state index in [2.05, 4.69) is 9.47 Å². The molecule has 1 aliphatic heterocycles. The number of benzene rings is 2. The molecule has 0 bridgehead atoms. The maximum absolute atomic E-state index is 11.4. The van der Waals surface area contributed by atoms with Crippen molar-refractivity contribution >= 4 is 34.3 Å². The van der Waals surface area contributed by atoms with E-state index in [0.29, 0.717) is 35.4 Å². The first-order valence-corrected chi connectivity index (χ1v) is 8.74. The quantitative estimate of drug-likeness (QED) is 0.296. The van der Waals surface area contributed by atoms with Crippen LogP contribution in [0.4, 0.5) is 11.4 Å². The standard InChI is InChI=1S/C10H7NO5.C10H11NO3/c1-15-10(12)7-2-3-8(11(13)14)9-6(7)4-5-16-9;1-13-10(12)7-2-3-8(11)9-6(7)4-5-14-9/h2-5H,1H3;2-3H,4-5,11H2,1H3. The molecule has 10 nitrogen and oxygen atoms in total. The van der Waals surface area contributed by atoms with Gasteiger partial charge >= 0.3 is 17.6 Å². The highest BCUT2D eigenvalue weighted by molar-refractivity contribution is 6.05. The fourth-order valence-electron chi connectivity index (χ4n) is 3.10. The van der Waals surface area contributed by atoms with Gasteiger partial charge in [-0.1, -0.05) is 0 Å². The van der Waals surface area contributed by atoms with Gasteiger partial charge in [-0.2, -0.15) is 0 Å². The molecule has 0 radical (unpaired) electrons. The van der Waals surface area contributed by atoms with Crippen LogP contribution >= 0.6 is 0 Å². The van der Waals surface area contributed by atoms with Gasteiger partial charge in [-0.05, 0) is 24.3 Å². The van der Waals surface area contributed by atoms with Crippen LogP contribution in [-0.2, 0) is 15.9 Å². The zero-order valence-electron chi connectivity index (χ0n) is 16.2. The van der Waals surface area contributed by atoms with Crippen molar-refractivity contribution in [2.75, 3.05) is 26.6 Å². The molecule has 2 aromatic carbocycles. The number of furan rings is 1. The summed E-state index contributed by atoms with van der Waals surface area (Å²) in [6.45, 7) is 0.577. The second kappa shape index (κ2) is 8.52. The van der Waals surface area contributed by atoms with Gasteiger partial charge in [0, 0.05) is 23.4 Å². The van der Waals surface area contributed by atoms with Crippen molar-refractivity contribution in [1.82, 2.24) is 0 Å². The number of nitrogens with two attached hydrogens (primary N) is 1. The normalized spacial score (nSPS) is 11.7. The van der Waals surface area contributed by atoms with Crippen LogP contribution in [0.5, 0.6) is 5.75 Å². The third kappa shape index (κ3) is 3.75. The third-order valence-electron chi connectivity index (χ3n) is 4.49. The van der Waals surface area contributed by atoms with E-state index in [-0.39, 0.29) is 22.8 Å². The van der Waals surface area contributed by atoms with Crippen LogP contribution in [0.1, 0.15) is 26.3 Å². The van der Waals surface area contributed by atoms with Crippen molar-refractivity contribution in [3.63, 3.8) is 0 Å². The molecule has 0 atom stereocenters. The molecule has 2 N–H and O–H groups in total. The predicted molar refractivity (Wildman–Crippen MR) is 106 cm³/mol. The number of nitro benzene ring substituents is 1. The first-order chi connectivity index (χ1) is 14.4. The summed E-state index contributed by atoms with van der Waals surface area (Å²) >= 11 is 0. The van der Waals surface area contributed by atoms with E-state index in [4.69, 9.17) is 14.9 Å². The van der Waals surface area contributed by atoms with E-state index in [9.17, 15) is 19.7 Å². The van der Waals surface area contributed by atoms with E-state index in [0.717, 1.165) is 5.56 Å². The van der Waals surface area contributed by atoms with Crippen LogP contribution in [0.2, 0.25) is 0 Å². The number of esters is 2. The Bertz CT molecular complexity index is 1140. The Balaban J connectivity index is 0.000000172. The topological polar surface area (TPSA) is 144 Å². The van der Waals surface area contributed by atoms with Crippen LogP contribution in [0.3, 0.4) is 0 Å².